The van der Waals surface area contributed by atoms with Gasteiger partial charge in [0.2, 0.25) is 0 Å². The van der Waals surface area contributed by atoms with Crippen LogP contribution in [-0.2, 0) is 44.6 Å². The largest absolute Gasteiger partial charge is 0.455 e. The Balaban J connectivity index is 1.49. The predicted octanol–water partition coefficient (Wildman–Crippen LogP) is 2.62. The summed E-state index contributed by atoms with van der Waals surface area (Å²) in [6, 6.07) is 3.35. The first-order valence-corrected chi connectivity index (χ1v) is 19.5. The second-order valence-electron chi connectivity index (χ2n) is 16.3. The van der Waals surface area contributed by atoms with Crippen molar-refractivity contribution in [3.63, 3.8) is 0 Å². The van der Waals surface area contributed by atoms with Gasteiger partial charge in [-0.3, -0.25) is 14.5 Å². The predicted molar refractivity (Wildman–Crippen MR) is 206 cm³/mol. The van der Waals surface area contributed by atoms with Crippen molar-refractivity contribution < 1.29 is 52.4 Å². The van der Waals surface area contributed by atoms with Gasteiger partial charge in [-0.25, -0.2) is 23.6 Å². The number of ether oxygens (including phenoxy) is 5. The van der Waals surface area contributed by atoms with Crippen LogP contribution in [0.1, 0.15) is 74.7 Å². The number of hydrogen-bond acceptors (Lipinski definition) is 15. The number of aliphatic hydroxyl groups excluding tert-OH is 1. The quantitative estimate of drug-likeness (QED) is 0.207. The van der Waals surface area contributed by atoms with E-state index in [0.29, 0.717) is 23.6 Å². The lowest BCUT2D eigenvalue weighted by molar-refractivity contribution is -0.288. The topological polar surface area (TPSA) is 234 Å². The van der Waals surface area contributed by atoms with Crippen molar-refractivity contribution in [1.82, 2.24) is 24.9 Å². The highest BCUT2D eigenvalue weighted by Crippen LogP contribution is 2.43. The molecule has 2 aromatic heterocycles. The molecule has 17 nitrogen and oxygen atoms in total. The zero-order valence-electron chi connectivity index (χ0n) is 34.5. The molecule has 2 aromatic rings. The maximum Gasteiger partial charge on any atom is 0.411 e. The van der Waals surface area contributed by atoms with E-state index in [0.717, 1.165) is 6.92 Å². The number of carbonyl (C=O) groups excluding carboxylic acids is 4. The summed E-state index contributed by atoms with van der Waals surface area (Å²) < 4.78 is 48.2. The van der Waals surface area contributed by atoms with Crippen molar-refractivity contribution in [2.75, 3.05) is 19.4 Å². The number of methoxy groups -OCH3 is 1. The number of pyridine rings is 1. The molecule has 3 fully saturated rings. The molecule has 0 aliphatic carbocycles. The number of fused-ring (bicyclic) bond motifs is 1. The molecule has 58 heavy (non-hydrogen) atoms. The number of anilines is 1. The lowest BCUT2D eigenvalue weighted by Gasteiger charge is -2.46. The number of amides is 1. The second kappa shape index (κ2) is 17.4. The molecule has 318 valence electrons. The molecule has 13 atom stereocenters. The highest BCUT2D eigenvalue weighted by Gasteiger charge is 2.61. The third-order valence-corrected chi connectivity index (χ3v) is 11.8. The molecule has 0 aromatic carbocycles. The molecule has 5 N–H and O–H groups in total. The van der Waals surface area contributed by atoms with Crippen molar-refractivity contribution in [3.8, 4) is 23.2 Å². The van der Waals surface area contributed by atoms with E-state index in [1.807, 2.05) is 0 Å². The highest BCUT2D eigenvalue weighted by molar-refractivity contribution is 6.08. The van der Waals surface area contributed by atoms with E-state index in [1.165, 1.54) is 30.5 Å². The Morgan fingerprint density at radius 3 is 2.40 bits per heavy atom. The molecule has 5 heterocycles. The Kier molecular flexibility index (Phi) is 13.3. The monoisotopic (exact) mass is 813 g/mol. The van der Waals surface area contributed by atoms with Crippen LogP contribution in [0.25, 0.3) is 11.4 Å². The van der Waals surface area contributed by atoms with Gasteiger partial charge in [0.1, 0.15) is 36.0 Å². The Morgan fingerprint density at radius 1 is 1.05 bits per heavy atom. The maximum absolute atomic E-state index is 16.8. The van der Waals surface area contributed by atoms with Crippen LogP contribution in [-0.4, -0.2) is 127 Å². The Hall–Kier alpha value is -4.54. The number of carbonyl (C=O) groups is 4. The minimum Gasteiger partial charge on any atom is -0.455 e. The Morgan fingerprint density at radius 2 is 1.74 bits per heavy atom. The molecular weight excluding hydrogens is 757 g/mol. The standard InChI is InChI=1S/C40H56FN7O10/c1-10-28-40(8)32(48(37(53)58-40)17-12-11-16-47-20-27(45-46-47)26-14-13-15-29(43)44-26)23(4)30(49)21(2)19-38(6,54-9)34(24(5)33(51)39(7,41)36(52)56-28)57-35-31(50)25(42)18-22(3)55-35/h13-15,20-25,28,31-32,34-35,50H,10,16-19,42H2,1-9H3,(H2,43,44)/t21-,22-,23+,24+,25?,28-,31?,32-,34-,35+,38-,39+,40-/m1/s1. The number of esters is 1. The first-order chi connectivity index (χ1) is 27.2. The van der Waals surface area contributed by atoms with Crippen LogP contribution >= 0.6 is 0 Å². The third kappa shape index (κ3) is 8.74. The number of ketones is 2. The SMILES string of the molecule is CC[C@H]1OC(=O)[C@@](C)(F)C(=O)[C@H](C)[C@@H](O[C@@H]2O[C@H](C)CC(N)C2O)[C@](C)(OC)C[C@@H](C)C(=O)[C@H](C)[C@H]2N(CC#CCn3cc(-c4cccc(N)n4)nn3)C(=O)O[C@]12C. The van der Waals surface area contributed by atoms with Gasteiger partial charge in [-0.15, -0.1) is 5.10 Å². The Bertz CT molecular complexity index is 1920. The first kappa shape index (κ1) is 44.6. The van der Waals surface area contributed by atoms with Gasteiger partial charge >= 0.3 is 12.1 Å². The number of nitrogens with zero attached hydrogens (tertiary/aromatic N) is 5. The van der Waals surface area contributed by atoms with E-state index >= 15 is 4.39 Å². The molecular formula is C40H56FN7O10. The number of alkyl halides is 1. The van der Waals surface area contributed by atoms with E-state index in [4.69, 9.17) is 35.2 Å². The fourth-order valence-electron chi connectivity index (χ4n) is 8.56. The van der Waals surface area contributed by atoms with Crippen LogP contribution in [0.15, 0.2) is 24.4 Å². The molecule has 0 bridgehead atoms. The number of halogens is 1. The minimum atomic E-state index is -3.22. The van der Waals surface area contributed by atoms with Crippen LogP contribution < -0.4 is 11.5 Å². The zero-order chi connectivity index (χ0) is 42.9. The molecule has 0 radical (unpaired) electrons. The molecule has 0 spiro atoms. The number of Topliss-reactive ketones (excluding diaryl/α,β-unsaturated/α-hetero) is 2. The lowest BCUT2D eigenvalue weighted by Crippen LogP contribution is -2.61. The molecule has 3 saturated heterocycles. The van der Waals surface area contributed by atoms with Crippen molar-refractivity contribution in [2.24, 2.45) is 23.5 Å². The number of rotatable bonds is 7. The van der Waals surface area contributed by atoms with Crippen LogP contribution in [0.5, 0.6) is 0 Å². The summed E-state index contributed by atoms with van der Waals surface area (Å²) in [5.41, 5.74) is 6.57. The molecule has 3 aliphatic heterocycles. The molecule has 18 heteroatoms. The van der Waals surface area contributed by atoms with Crippen LogP contribution in [0.2, 0.25) is 0 Å². The molecule has 1 amide bonds. The number of nitrogens with two attached hydrogens (primary N) is 2. The zero-order valence-corrected chi connectivity index (χ0v) is 34.5. The summed E-state index contributed by atoms with van der Waals surface area (Å²) in [4.78, 5) is 61.8. The lowest BCUT2D eigenvalue weighted by atomic mass is 9.73. The fraction of sp³-hybridized carbons (Fsp3) is 0.675. The number of aromatic nitrogens is 4. The van der Waals surface area contributed by atoms with Gasteiger partial charge < -0.3 is 40.3 Å². The summed E-state index contributed by atoms with van der Waals surface area (Å²) in [7, 11) is 1.36. The van der Waals surface area contributed by atoms with Crippen LogP contribution in [0, 0.1) is 29.6 Å². The van der Waals surface area contributed by atoms with Gasteiger partial charge in [0, 0.05) is 30.9 Å². The van der Waals surface area contributed by atoms with E-state index in [1.54, 1.807) is 59.0 Å². The van der Waals surface area contributed by atoms with Crippen molar-refractivity contribution in [1.29, 1.82) is 0 Å². The highest BCUT2D eigenvalue weighted by atomic mass is 19.1. The summed E-state index contributed by atoms with van der Waals surface area (Å²) >= 11 is 0. The van der Waals surface area contributed by atoms with Crippen LogP contribution in [0.3, 0.4) is 0 Å². The van der Waals surface area contributed by atoms with E-state index in [2.05, 4.69) is 27.1 Å². The third-order valence-electron chi connectivity index (χ3n) is 11.8. The normalized spacial score (nSPS) is 37.6. The summed E-state index contributed by atoms with van der Waals surface area (Å²) in [6.07, 6.45) is -4.63. The summed E-state index contributed by atoms with van der Waals surface area (Å²) in [5, 5.41) is 19.2. The summed E-state index contributed by atoms with van der Waals surface area (Å²) in [5.74, 6) is 0.0632. The molecule has 3 aliphatic rings. The van der Waals surface area contributed by atoms with Crippen molar-refractivity contribution in [3.05, 3.63) is 24.4 Å². The summed E-state index contributed by atoms with van der Waals surface area (Å²) in [6.45, 7) is 11.9. The molecule has 5 rings (SSSR count). The number of aliphatic hydroxyl groups is 1. The average Bonchev–Trinajstić information content (AvgIpc) is 3.75. The first-order valence-electron chi connectivity index (χ1n) is 19.5. The van der Waals surface area contributed by atoms with E-state index in [9.17, 15) is 24.3 Å². The van der Waals surface area contributed by atoms with Gasteiger partial charge in [0.05, 0.1) is 42.3 Å². The van der Waals surface area contributed by atoms with Gasteiger partial charge in [0.25, 0.3) is 5.67 Å². The van der Waals surface area contributed by atoms with E-state index < -0.39 is 95.3 Å². The van der Waals surface area contributed by atoms with Gasteiger partial charge in [-0.05, 0) is 59.1 Å². The van der Waals surface area contributed by atoms with Gasteiger partial charge in [-0.1, -0.05) is 50.8 Å². The number of hydrogen-bond donors (Lipinski definition) is 3. The maximum atomic E-state index is 16.8. The fourth-order valence-corrected chi connectivity index (χ4v) is 8.56. The number of nitrogen functional groups attached to an aromatic ring is 1. The molecule has 0 saturated carbocycles. The van der Waals surface area contributed by atoms with Gasteiger partial charge in [-0.2, -0.15) is 0 Å². The molecule has 2 unspecified atom stereocenters. The smallest absolute Gasteiger partial charge is 0.411 e. The van der Waals surface area contributed by atoms with Crippen molar-refractivity contribution in [2.45, 2.75) is 141 Å². The van der Waals surface area contributed by atoms with Crippen molar-refractivity contribution >= 4 is 29.4 Å². The van der Waals surface area contributed by atoms with E-state index in [-0.39, 0.29) is 31.7 Å². The van der Waals surface area contributed by atoms with Crippen LogP contribution in [0.4, 0.5) is 15.0 Å². The second-order valence-corrected chi connectivity index (χ2v) is 16.3. The number of cyclic esters (lactones) is 1. The average molecular weight is 814 g/mol. The minimum absolute atomic E-state index is 0.0290. The van der Waals surface area contributed by atoms with Gasteiger partial charge in [0.15, 0.2) is 17.7 Å². The Labute approximate surface area is 337 Å².